The Kier molecular flexibility index (Phi) is 9.86. The van der Waals surface area contributed by atoms with Crippen molar-refractivity contribution in [2.75, 3.05) is 0 Å². The van der Waals surface area contributed by atoms with Gasteiger partial charge in [0.15, 0.2) is 0 Å². The average molecular weight is 821 g/mol. The van der Waals surface area contributed by atoms with E-state index in [4.69, 9.17) is 14.7 Å². The summed E-state index contributed by atoms with van der Waals surface area (Å²) < 4.78 is 6.68. The monoisotopic (exact) mass is 820 g/mol. The van der Waals surface area contributed by atoms with Crippen LogP contribution < -0.4 is 4.74 Å². The molecule has 3 nitrogen and oxygen atoms in total. The van der Waals surface area contributed by atoms with Crippen LogP contribution in [0.2, 0.25) is 0 Å². The van der Waals surface area contributed by atoms with Crippen molar-refractivity contribution in [2.24, 2.45) is 0 Å². The van der Waals surface area contributed by atoms with Gasteiger partial charge in [0.1, 0.15) is 11.5 Å². The van der Waals surface area contributed by atoms with Crippen molar-refractivity contribution < 1.29 is 4.74 Å². The van der Waals surface area contributed by atoms with Gasteiger partial charge in [-0.3, -0.25) is 0 Å². The fourth-order valence-corrected chi connectivity index (χ4v) is 9.02. The summed E-state index contributed by atoms with van der Waals surface area (Å²) in [6.07, 6.45) is 0. The number of hydrogen-bond acceptors (Lipinski definition) is 3. The van der Waals surface area contributed by atoms with Gasteiger partial charge in [-0.05, 0) is 105 Å². The molecule has 0 amide bonds. The Labute approximate surface area is 375 Å². The fraction of sp³-hybridized carbons (Fsp3) is 0.0492. The molecule has 3 heterocycles. The highest BCUT2D eigenvalue weighted by Crippen LogP contribution is 2.50. The second-order valence-electron chi connectivity index (χ2n) is 17.0. The van der Waals surface area contributed by atoms with Crippen LogP contribution >= 0.6 is 0 Å². The van der Waals surface area contributed by atoms with E-state index in [9.17, 15) is 0 Å². The maximum absolute atomic E-state index is 6.68. The Morgan fingerprint density at radius 2 is 0.578 bits per heavy atom. The first-order chi connectivity index (χ1) is 31.4. The number of aromatic nitrogens is 2. The minimum atomic E-state index is -0.337. The first-order valence-corrected chi connectivity index (χ1v) is 21.9. The molecule has 1 aliphatic heterocycles. The van der Waals surface area contributed by atoms with Crippen LogP contribution in [-0.2, 0) is 5.41 Å². The van der Waals surface area contributed by atoms with Crippen molar-refractivity contribution >= 4 is 0 Å². The Morgan fingerprint density at radius 1 is 0.266 bits per heavy atom. The van der Waals surface area contributed by atoms with Crippen LogP contribution in [0.25, 0.3) is 89.5 Å². The lowest BCUT2D eigenvalue weighted by Crippen LogP contribution is -2.24. The summed E-state index contributed by atoms with van der Waals surface area (Å²) >= 11 is 0. The summed E-state index contributed by atoms with van der Waals surface area (Å²) in [5.74, 6) is 1.77. The topological polar surface area (TPSA) is 35.0 Å². The maximum atomic E-state index is 6.68. The second-order valence-corrected chi connectivity index (χ2v) is 17.0. The molecule has 1 aliphatic rings. The summed E-state index contributed by atoms with van der Waals surface area (Å²) in [6.45, 7) is 4.61. The summed E-state index contributed by atoms with van der Waals surface area (Å²) in [5.41, 5.74) is 19.2. The van der Waals surface area contributed by atoms with Crippen molar-refractivity contribution in [3.63, 3.8) is 0 Å². The van der Waals surface area contributed by atoms with Gasteiger partial charge in [-0.25, -0.2) is 9.97 Å². The predicted octanol–water partition coefficient (Wildman–Crippen LogP) is 16.2. The lowest BCUT2D eigenvalue weighted by atomic mass is 9.74. The summed E-state index contributed by atoms with van der Waals surface area (Å²) in [5, 5.41) is 0. The van der Waals surface area contributed by atoms with E-state index in [1.807, 2.05) is 12.1 Å². The molecule has 0 fully saturated rings. The third-order valence-electron chi connectivity index (χ3n) is 12.5. The van der Waals surface area contributed by atoms with Crippen molar-refractivity contribution in [1.29, 1.82) is 0 Å². The molecule has 0 aliphatic carbocycles. The predicted molar refractivity (Wildman–Crippen MR) is 264 cm³/mol. The van der Waals surface area contributed by atoms with Gasteiger partial charge >= 0.3 is 0 Å². The molecule has 304 valence electrons. The molecule has 64 heavy (non-hydrogen) atoms. The third-order valence-corrected chi connectivity index (χ3v) is 12.5. The summed E-state index contributed by atoms with van der Waals surface area (Å²) in [7, 11) is 0. The molecular weight excluding hydrogens is 777 g/mol. The molecular formula is C61H44N2O. The molecule has 10 aromatic rings. The smallest absolute Gasteiger partial charge is 0.131 e. The fourth-order valence-electron chi connectivity index (χ4n) is 9.02. The van der Waals surface area contributed by atoms with Crippen molar-refractivity contribution in [3.05, 3.63) is 242 Å². The molecule has 2 aromatic heterocycles. The van der Waals surface area contributed by atoms with Gasteiger partial charge in [0.25, 0.3) is 0 Å². The first-order valence-electron chi connectivity index (χ1n) is 21.9. The first kappa shape index (κ1) is 38.8. The van der Waals surface area contributed by atoms with E-state index in [-0.39, 0.29) is 5.41 Å². The van der Waals surface area contributed by atoms with E-state index in [0.29, 0.717) is 0 Å². The molecule has 0 saturated carbocycles. The molecule has 8 aromatic carbocycles. The quantitative estimate of drug-likeness (QED) is 0.153. The van der Waals surface area contributed by atoms with Gasteiger partial charge in [-0.2, -0.15) is 0 Å². The molecule has 0 bridgehead atoms. The van der Waals surface area contributed by atoms with Crippen LogP contribution in [-0.4, -0.2) is 9.97 Å². The van der Waals surface area contributed by atoms with Crippen LogP contribution in [0.4, 0.5) is 0 Å². The normalized spacial score (nSPS) is 12.5. The van der Waals surface area contributed by atoms with Crippen LogP contribution in [0.3, 0.4) is 0 Å². The number of pyridine rings is 2. The zero-order valence-corrected chi connectivity index (χ0v) is 35.7. The lowest BCUT2D eigenvalue weighted by Gasteiger charge is -2.35. The molecule has 0 atom stereocenters. The molecule has 0 spiro atoms. The van der Waals surface area contributed by atoms with Gasteiger partial charge in [0, 0.05) is 38.8 Å². The van der Waals surface area contributed by atoms with Crippen LogP contribution in [0.15, 0.2) is 231 Å². The van der Waals surface area contributed by atoms with Crippen molar-refractivity contribution in [1.82, 2.24) is 9.97 Å². The van der Waals surface area contributed by atoms with Crippen LogP contribution in [0, 0.1) is 0 Å². The largest absolute Gasteiger partial charge is 0.457 e. The molecule has 0 radical (unpaired) electrons. The average Bonchev–Trinajstić information content (AvgIpc) is 3.37. The molecule has 3 heteroatoms. The van der Waals surface area contributed by atoms with Crippen LogP contribution in [0.5, 0.6) is 11.5 Å². The highest BCUT2D eigenvalue weighted by Gasteiger charge is 2.35. The van der Waals surface area contributed by atoms with E-state index < -0.39 is 0 Å². The SMILES string of the molecule is CC1(C)c2cc(-c3cccc(-c4cc(-c5ccccc5)cc(-c5ccccc5)n4)c3)ccc2Oc2ccc(-c3cccc(-c4cc(-c5ccccc5)cc(-c5ccccc5)n4)c3)cc21. The van der Waals surface area contributed by atoms with E-state index in [1.54, 1.807) is 0 Å². The summed E-state index contributed by atoms with van der Waals surface area (Å²) in [4.78, 5) is 10.4. The number of rotatable bonds is 8. The minimum Gasteiger partial charge on any atom is -0.457 e. The van der Waals surface area contributed by atoms with Crippen molar-refractivity contribution in [3.8, 4) is 101 Å². The van der Waals surface area contributed by atoms with E-state index in [1.165, 1.54) is 0 Å². The number of ether oxygens (including phenoxy) is 1. The Bertz CT molecular complexity index is 2970. The number of hydrogen-bond donors (Lipinski definition) is 0. The Morgan fingerprint density at radius 3 is 0.969 bits per heavy atom. The zero-order valence-electron chi connectivity index (χ0n) is 35.7. The third kappa shape index (κ3) is 7.48. The second kappa shape index (κ2) is 16.3. The van der Waals surface area contributed by atoms with Crippen LogP contribution in [0.1, 0.15) is 25.0 Å². The van der Waals surface area contributed by atoms with Gasteiger partial charge in [0.05, 0.1) is 22.8 Å². The Hall–Kier alpha value is -8.14. The Balaban J connectivity index is 0.931. The van der Waals surface area contributed by atoms with E-state index in [0.717, 1.165) is 112 Å². The molecule has 0 N–H and O–H groups in total. The van der Waals surface area contributed by atoms with Gasteiger partial charge < -0.3 is 4.74 Å². The van der Waals surface area contributed by atoms with Gasteiger partial charge in [0.2, 0.25) is 0 Å². The van der Waals surface area contributed by atoms with Crippen molar-refractivity contribution in [2.45, 2.75) is 19.3 Å². The maximum Gasteiger partial charge on any atom is 0.131 e. The number of benzene rings is 8. The summed E-state index contributed by atoms with van der Waals surface area (Å²) in [6, 6.07) is 81.4. The number of fused-ring (bicyclic) bond motifs is 2. The highest BCUT2D eigenvalue weighted by atomic mass is 16.5. The van der Waals surface area contributed by atoms with Gasteiger partial charge in [-0.15, -0.1) is 0 Å². The molecule has 11 rings (SSSR count). The van der Waals surface area contributed by atoms with E-state index >= 15 is 0 Å². The minimum absolute atomic E-state index is 0.337. The van der Waals surface area contributed by atoms with Gasteiger partial charge in [-0.1, -0.05) is 184 Å². The standard InChI is InChI=1S/C61H44N2O/c1-61(2)53-35-47(45-25-15-27-49(33-45)57-39-51(41-17-7-3-8-18-41)37-55(62-57)43-21-11-5-12-22-43)29-31-59(53)64-60-32-30-48(36-54(60)61)46-26-16-28-50(34-46)58-40-52(42-19-9-4-10-20-42)38-56(63-58)44-23-13-6-14-24-44/h3-40H,1-2H3. The highest BCUT2D eigenvalue weighted by molar-refractivity contribution is 5.82. The molecule has 0 unspecified atom stereocenters. The zero-order chi connectivity index (χ0) is 43.0. The lowest BCUT2D eigenvalue weighted by molar-refractivity contribution is 0.418. The number of nitrogens with zero attached hydrogens (tertiary/aromatic N) is 2. The van der Waals surface area contributed by atoms with E-state index in [2.05, 4.69) is 232 Å². The molecule has 0 saturated heterocycles.